The van der Waals surface area contributed by atoms with E-state index in [1.165, 1.54) is 49.1 Å². The summed E-state index contributed by atoms with van der Waals surface area (Å²) in [6.45, 7) is 0. The minimum atomic E-state index is -1.56. The lowest BCUT2D eigenvalue weighted by Crippen LogP contribution is -2.26. The van der Waals surface area contributed by atoms with E-state index in [2.05, 4.69) is 24.3 Å². The highest BCUT2D eigenvalue weighted by molar-refractivity contribution is 7.98. The molecule has 3 aromatic carbocycles. The summed E-state index contributed by atoms with van der Waals surface area (Å²) < 4.78 is 0. The van der Waals surface area contributed by atoms with Gasteiger partial charge in [0.1, 0.15) is 0 Å². The van der Waals surface area contributed by atoms with Gasteiger partial charge in [0.15, 0.2) is 6.10 Å². The van der Waals surface area contributed by atoms with Crippen LogP contribution in [-0.4, -0.2) is 33.4 Å². The lowest BCUT2D eigenvalue weighted by atomic mass is 9.96. The third kappa shape index (κ3) is 9.38. The smallest absolute Gasteiger partial charge is 0.335 e. The van der Waals surface area contributed by atoms with Crippen molar-refractivity contribution in [2.24, 2.45) is 0 Å². The summed E-state index contributed by atoms with van der Waals surface area (Å²) in [4.78, 5) is 23.0. The standard InChI is InChI=1S/C31H36O5S/c32-28(31(35)36)29(37-22-24-16-12-19-26(21-24)30(33)34)27-20-11-10-18-25(27)17-9-4-2-1-3-6-13-23-14-7-5-8-15-23/h5,7-8,10-12,14-16,18-21,28-29,32H,1-4,6,9,13,17,22H2,(H,33,34)(H,35,36)/t28-,29-/m1/s1. The SMILES string of the molecule is O=C(O)c1cccc(CS[C@H](c2ccccc2CCCCCCCCc2ccccc2)[C@@H](O)C(=O)O)c1. The maximum atomic E-state index is 11.7. The van der Waals surface area contributed by atoms with Crippen LogP contribution in [-0.2, 0) is 23.4 Å². The van der Waals surface area contributed by atoms with E-state index < -0.39 is 23.3 Å². The fourth-order valence-electron chi connectivity index (χ4n) is 4.50. The van der Waals surface area contributed by atoms with Gasteiger partial charge in [-0.05, 0) is 60.1 Å². The first-order valence-electron chi connectivity index (χ1n) is 12.9. The van der Waals surface area contributed by atoms with Crippen molar-refractivity contribution in [3.8, 4) is 0 Å². The summed E-state index contributed by atoms with van der Waals surface area (Å²) in [5.41, 5.74) is 4.25. The van der Waals surface area contributed by atoms with Crippen LogP contribution in [0, 0.1) is 0 Å². The molecule has 0 saturated heterocycles. The Morgan fingerprint density at radius 3 is 2.03 bits per heavy atom. The minimum Gasteiger partial charge on any atom is -0.479 e. The Hall–Kier alpha value is -3.09. The zero-order chi connectivity index (χ0) is 26.5. The highest BCUT2D eigenvalue weighted by atomic mass is 32.2. The van der Waals surface area contributed by atoms with E-state index in [-0.39, 0.29) is 5.56 Å². The lowest BCUT2D eigenvalue weighted by Gasteiger charge is -2.23. The topological polar surface area (TPSA) is 94.8 Å². The Balaban J connectivity index is 1.53. The molecule has 6 heteroatoms. The van der Waals surface area contributed by atoms with Crippen molar-refractivity contribution in [1.29, 1.82) is 0 Å². The van der Waals surface area contributed by atoms with Gasteiger partial charge in [-0.15, -0.1) is 11.8 Å². The van der Waals surface area contributed by atoms with E-state index >= 15 is 0 Å². The zero-order valence-electron chi connectivity index (χ0n) is 21.1. The minimum absolute atomic E-state index is 0.189. The number of thioether (sulfide) groups is 1. The molecule has 37 heavy (non-hydrogen) atoms. The first-order valence-corrected chi connectivity index (χ1v) is 14.0. The lowest BCUT2D eigenvalue weighted by molar-refractivity contribution is -0.146. The number of rotatable bonds is 16. The van der Waals surface area contributed by atoms with Crippen LogP contribution >= 0.6 is 11.8 Å². The second-order valence-electron chi connectivity index (χ2n) is 9.33. The molecule has 5 nitrogen and oxygen atoms in total. The van der Waals surface area contributed by atoms with Crippen LogP contribution < -0.4 is 0 Å². The first-order chi connectivity index (χ1) is 18.0. The summed E-state index contributed by atoms with van der Waals surface area (Å²) >= 11 is 1.33. The second kappa shape index (κ2) is 15.2. The summed E-state index contributed by atoms with van der Waals surface area (Å²) in [7, 11) is 0. The molecule has 0 bridgehead atoms. The number of carboxylic acids is 2. The van der Waals surface area contributed by atoms with Crippen LogP contribution in [0.5, 0.6) is 0 Å². The molecule has 0 saturated carbocycles. The van der Waals surface area contributed by atoms with E-state index in [0.29, 0.717) is 5.75 Å². The van der Waals surface area contributed by atoms with Crippen molar-refractivity contribution in [3.05, 3.63) is 107 Å². The number of aromatic carboxylic acids is 1. The average Bonchev–Trinajstić information content (AvgIpc) is 2.91. The summed E-state index contributed by atoms with van der Waals surface area (Å²) in [5.74, 6) is -1.87. The Morgan fingerprint density at radius 1 is 0.703 bits per heavy atom. The van der Waals surface area contributed by atoms with Crippen LogP contribution in [0.4, 0.5) is 0 Å². The molecule has 0 radical (unpaired) electrons. The third-order valence-corrected chi connectivity index (χ3v) is 7.88. The second-order valence-corrected chi connectivity index (χ2v) is 10.5. The predicted octanol–water partition coefficient (Wildman–Crippen LogP) is 6.93. The molecule has 2 atom stereocenters. The molecule has 0 aliphatic heterocycles. The Labute approximate surface area is 223 Å². The molecule has 196 valence electrons. The van der Waals surface area contributed by atoms with Crippen molar-refractivity contribution in [1.82, 2.24) is 0 Å². The van der Waals surface area contributed by atoms with E-state index in [4.69, 9.17) is 0 Å². The van der Waals surface area contributed by atoms with E-state index in [9.17, 15) is 24.9 Å². The summed E-state index contributed by atoms with van der Waals surface area (Å²) in [6.07, 6.45) is 7.33. The van der Waals surface area contributed by atoms with Gasteiger partial charge in [0.05, 0.1) is 10.8 Å². The van der Waals surface area contributed by atoms with Gasteiger partial charge in [0.2, 0.25) is 0 Å². The summed E-state index contributed by atoms with van der Waals surface area (Å²) in [5, 5.41) is 28.7. The van der Waals surface area contributed by atoms with Crippen LogP contribution in [0.1, 0.15) is 76.4 Å². The zero-order valence-corrected chi connectivity index (χ0v) is 21.9. The molecule has 3 aromatic rings. The highest BCUT2D eigenvalue weighted by Crippen LogP contribution is 2.37. The number of benzene rings is 3. The van der Waals surface area contributed by atoms with E-state index in [0.717, 1.165) is 42.4 Å². The molecule has 0 spiro atoms. The number of unbranched alkanes of at least 4 members (excludes halogenated alkanes) is 5. The molecule has 0 aliphatic rings. The number of aliphatic hydroxyl groups is 1. The molecule has 0 unspecified atom stereocenters. The predicted molar refractivity (Wildman–Crippen MR) is 149 cm³/mol. The molecular formula is C31H36O5S. The van der Waals surface area contributed by atoms with Gasteiger partial charge in [-0.3, -0.25) is 0 Å². The van der Waals surface area contributed by atoms with Gasteiger partial charge in [0, 0.05) is 5.75 Å². The van der Waals surface area contributed by atoms with Crippen molar-refractivity contribution in [2.45, 2.75) is 68.5 Å². The number of aliphatic carboxylic acids is 1. The summed E-state index contributed by atoms with van der Waals surface area (Å²) in [6, 6.07) is 24.9. The van der Waals surface area contributed by atoms with Crippen molar-refractivity contribution < 1.29 is 24.9 Å². The van der Waals surface area contributed by atoms with Crippen LogP contribution in [0.3, 0.4) is 0 Å². The molecule has 3 rings (SSSR count). The number of hydrogen-bond acceptors (Lipinski definition) is 4. The van der Waals surface area contributed by atoms with Crippen molar-refractivity contribution in [3.63, 3.8) is 0 Å². The van der Waals surface area contributed by atoms with E-state index in [1.807, 2.05) is 36.4 Å². The quantitative estimate of drug-likeness (QED) is 0.177. The molecule has 0 aromatic heterocycles. The number of carboxylic acid groups (broad SMARTS) is 2. The highest BCUT2D eigenvalue weighted by Gasteiger charge is 2.29. The first kappa shape index (κ1) is 28.5. The van der Waals surface area contributed by atoms with Crippen LogP contribution in [0.15, 0.2) is 78.9 Å². The maximum absolute atomic E-state index is 11.7. The maximum Gasteiger partial charge on any atom is 0.335 e. The fraction of sp³-hybridized carbons (Fsp3) is 0.355. The van der Waals surface area contributed by atoms with Gasteiger partial charge >= 0.3 is 11.9 Å². The number of carbonyl (C=O) groups is 2. The van der Waals surface area contributed by atoms with Gasteiger partial charge in [0.25, 0.3) is 0 Å². The molecular weight excluding hydrogens is 484 g/mol. The monoisotopic (exact) mass is 520 g/mol. The third-order valence-electron chi connectivity index (χ3n) is 6.51. The van der Waals surface area contributed by atoms with Gasteiger partial charge in [-0.2, -0.15) is 0 Å². The largest absolute Gasteiger partial charge is 0.479 e. The van der Waals surface area contributed by atoms with E-state index in [1.54, 1.807) is 12.1 Å². The Morgan fingerprint density at radius 2 is 1.32 bits per heavy atom. The Bertz CT molecular complexity index is 1130. The number of aliphatic hydroxyl groups excluding tert-OH is 1. The van der Waals surface area contributed by atoms with Crippen LogP contribution in [0.2, 0.25) is 0 Å². The number of hydrogen-bond donors (Lipinski definition) is 3. The number of aryl methyl sites for hydroxylation is 2. The fourth-order valence-corrected chi connectivity index (χ4v) is 5.76. The Kier molecular flexibility index (Phi) is 11.7. The van der Waals surface area contributed by atoms with Crippen molar-refractivity contribution >= 4 is 23.7 Å². The molecule has 3 N–H and O–H groups in total. The molecule has 0 fully saturated rings. The molecule has 0 heterocycles. The van der Waals surface area contributed by atoms with Crippen molar-refractivity contribution in [2.75, 3.05) is 0 Å². The molecule has 0 amide bonds. The molecule has 0 aliphatic carbocycles. The van der Waals surface area contributed by atoms with Gasteiger partial charge in [-0.1, -0.05) is 92.4 Å². The van der Waals surface area contributed by atoms with Crippen LogP contribution in [0.25, 0.3) is 0 Å². The average molecular weight is 521 g/mol. The normalized spacial score (nSPS) is 12.7. The van der Waals surface area contributed by atoms with Gasteiger partial charge in [-0.25, -0.2) is 9.59 Å². The van der Waals surface area contributed by atoms with Gasteiger partial charge < -0.3 is 15.3 Å².